The van der Waals surface area contributed by atoms with Crippen LogP contribution in [0.5, 0.6) is 0 Å². The van der Waals surface area contributed by atoms with Crippen LogP contribution in [0.25, 0.3) is 16.8 Å². The number of ether oxygens (including phenoxy) is 1. The maximum atomic E-state index is 12.2. The number of amides is 1. The third-order valence-corrected chi connectivity index (χ3v) is 5.19. The molecule has 0 fully saturated rings. The molecule has 0 spiro atoms. The number of benzene rings is 2. The maximum Gasteiger partial charge on any atom is 0.407 e. The molecule has 0 aliphatic heterocycles. The number of hydrogen-bond donors (Lipinski definition) is 2. The third kappa shape index (κ3) is 3.06. The second-order valence-corrected chi connectivity index (χ2v) is 6.92. The van der Waals surface area contributed by atoms with E-state index in [2.05, 4.69) is 39.7 Å². The van der Waals surface area contributed by atoms with Crippen molar-refractivity contribution in [2.24, 2.45) is 0 Å². The SMILES string of the molecule is O=C(NCc1cc(=O)n2[nH]ccc2n1)OCC1c2ccccc2-c2ccccc21. The lowest BCUT2D eigenvalue weighted by Crippen LogP contribution is -2.27. The van der Waals surface area contributed by atoms with Crippen molar-refractivity contribution in [2.45, 2.75) is 12.5 Å². The van der Waals surface area contributed by atoms with Crippen molar-refractivity contribution in [3.05, 3.63) is 94.0 Å². The fourth-order valence-corrected chi connectivity index (χ4v) is 3.88. The zero-order chi connectivity index (χ0) is 19.8. The van der Waals surface area contributed by atoms with Gasteiger partial charge in [0.05, 0.1) is 12.2 Å². The summed E-state index contributed by atoms with van der Waals surface area (Å²) in [6.45, 7) is 0.361. The first kappa shape index (κ1) is 17.2. The molecule has 7 nitrogen and oxygen atoms in total. The van der Waals surface area contributed by atoms with Gasteiger partial charge in [-0.2, -0.15) is 0 Å². The van der Waals surface area contributed by atoms with E-state index in [0.717, 1.165) is 11.1 Å². The van der Waals surface area contributed by atoms with E-state index < -0.39 is 6.09 Å². The molecule has 0 saturated carbocycles. The molecule has 1 aliphatic carbocycles. The molecule has 1 amide bonds. The standard InChI is InChI=1S/C22H18N4O3/c27-21-11-14(25-20-9-10-24-26(20)21)12-23-22(28)29-13-19-17-7-3-1-5-15(17)16-6-2-4-8-18(16)19/h1-11,19,24H,12-13H2,(H,23,28). The van der Waals surface area contributed by atoms with Crippen LogP contribution in [0.15, 0.2) is 71.7 Å². The molecule has 2 heterocycles. The maximum absolute atomic E-state index is 12.2. The number of H-pyrrole nitrogens is 1. The zero-order valence-electron chi connectivity index (χ0n) is 15.5. The summed E-state index contributed by atoms with van der Waals surface area (Å²) in [5.41, 5.74) is 5.43. The number of nitrogens with one attached hydrogen (secondary N) is 2. The van der Waals surface area contributed by atoms with Crippen LogP contribution in [-0.4, -0.2) is 27.3 Å². The van der Waals surface area contributed by atoms with Crippen molar-refractivity contribution in [1.82, 2.24) is 19.9 Å². The summed E-state index contributed by atoms with van der Waals surface area (Å²) in [4.78, 5) is 28.6. The smallest absolute Gasteiger partial charge is 0.407 e. The van der Waals surface area contributed by atoms with Crippen molar-refractivity contribution in [1.29, 1.82) is 0 Å². The minimum Gasteiger partial charge on any atom is -0.449 e. The average molecular weight is 386 g/mol. The second-order valence-electron chi connectivity index (χ2n) is 6.92. The van der Waals surface area contributed by atoms with Gasteiger partial charge in [-0.25, -0.2) is 14.3 Å². The highest BCUT2D eigenvalue weighted by atomic mass is 16.5. The van der Waals surface area contributed by atoms with E-state index in [9.17, 15) is 9.59 Å². The zero-order valence-corrected chi connectivity index (χ0v) is 15.5. The number of rotatable bonds is 4. The van der Waals surface area contributed by atoms with Crippen LogP contribution >= 0.6 is 0 Å². The Morgan fingerprint density at radius 1 is 1.07 bits per heavy atom. The van der Waals surface area contributed by atoms with E-state index >= 15 is 0 Å². The molecule has 2 aromatic carbocycles. The van der Waals surface area contributed by atoms with Gasteiger partial charge in [0.1, 0.15) is 6.61 Å². The molecule has 1 aliphatic rings. The van der Waals surface area contributed by atoms with Gasteiger partial charge in [0.15, 0.2) is 5.65 Å². The van der Waals surface area contributed by atoms with Crippen molar-refractivity contribution in [3.8, 4) is 11.1 Å². The highest BCUT2D eigenvalue weighted by Gasteiger charge is 2.28. The summed E-state index contributed by atoms with van der Waals surface area (Å²) in [6, 6.07) is 19.4. The predicted octanol–water partition coefficient (Wildman–Crippen LogP) is 3.06. The van der Waals surface area contributed by atoms with Crippen LogP contribution in [0.4, 0.5) is 4.79 Å². The predicted molar refractivity (Wildman–Crippen MR) is 108 cm³/mol. The quantitative estimate of drug-likeness (QED) is 0.564. The normalized spacial score (nSPS) is 12.6. The molecule has 2 aromatic heterocycles. The molecule has 0 radical (unpaired) electrons. The van der Waals surface area contributed by atoms with Crippen molar-refractivity contribution >= 4 is 11.7 Å². The minimum absolute atomic E-state index is 0.00660. The van der Waals surface area contributed by atoms with Gasteiger partial charge in [-0.3, -0.25) is 9.89 Å². The van der Waals surface area contributed by atoms with Crippen LogP contribution in [0.2, 0.25) is 0 Å². The first-order valence-electron chi connectivity index (χ1n) is 9.35. The fourth-order valence-electron chi connectivity index (χ4n) is 3.88. The first-order chi connectivity index (χ1) is 14.2. The minimum atomic E-state index is -0.539. The Morgan fingerprint density at radius 3 is 2.48 bits per heavy atom. The topological polar surface area (TPSA) is 88.5 Å². The lowest BCUT2D eigenvalue weighted by Gasteiger charge is -2.14. The fraction of sp³-hybridized carbons (Fsp3) is 0.136. The molecule has 4 aromatic rings. The molecule has 0 saturated heterocycles. The Labute approximate surface area is 166 Å². The summed E-state index contributed by atoms with van der Waals surface area (Å²) in [5, 5.41) is 5.45. The van der Waals surface area contributed by atoms with Gasteiger partial charge < -0.3 is 10.1 Å². The van der Waals surface area contributed by atoms with Crippen LogP contribution in [0.1, 0.15) is 22.7 Å². The first-order valence-corrected chi connectivity index (χ1v) is 9.35. The number of carbonyl (C=O) groups excluding carboxylic acids is 1. The van der Waals surface area contributed by atoms with E-state index in [1.54, 1.807) is 12.3 Å². The number of alkyl carbamates (subject to hydrolysis) is 1. The second kappa shape index (κ2) is 6.94. The Hall–Kier alpha value is -3.87. The molecular formula is C22H18N4O3. The van der Waals surface area contributed by atoms with Gasteiger partial charge in [0.2, 0.25) is 0 Å². The van der Waals surface area contributed by atoms with Crippen LogP contribution < -0.4 is 10.9 Å². The number of aromatic amines is 1. The molecule has 0 unspecified atom stereocenters. The number of carbonyl (C=O) groups is 1. The molecule has 2 N–H and O–H groups in total. The largest absolute Gasteiger partial charge is 0.449 e. The van der Waals surface area contributed by atoms with Crippen LogP contribution in [-0.2, 0) is 11.3 Å². The van der Waals surface area contributed by atoms with Crippen molar-refractivity contribution < 1.29 is 9.53 Å². The van der Waals surface area contributed by atoms with E-state index in [-0.39, 0.29) is 24.6 Å². The number of fused-ring (bicyclic) bond motifs is 4. The summed E-state index contributed by atoms with van der Waals surface area (Å²) < 4.78 is 6.83. The van der Waals surface area contributed by atoms with E-state index in [4.69, 9.17) is 4.74 Å². The van der Waals surface area contributed by atoms with Crippen LogP contribution in [0.3, 0.4) is 0 Å². The number of hydrogen-bond acceptors (Lipinski definition) is 4. The highest BCUT2D eigenvalue weighted by molar-refractivity contribution is 5.79. The Balaban J connectivity index is 1.27. The Kier molecular flexibility index (Phi) is 4.13. The summed E-state index contributed by atoms with van der Waals surface area (Å²) >= 11 is 0. The van der Waals surface area contributed by atoms with Gasteiger partial charge in [-0.1, -0.05) is 48.5 Å². The van der Waals surface area contributed by atoms with Gasteiger partial charge in [-0.15, -0.1) is 0 Å². The molecule has 29 heavy (non-hydrogen) atoms. The average Bonchev–Trinajstić information content (AvgIpc) is 3.34. The monoisotopic (exact) mass is 386 g/mol. The summed E-state index contributed by atoms with van der Waals surface area (Å²) in [6.07, 6.45) is 1.09. The summed E-state index contributed by atoms with van der Waals surface area (Å²) in [5.74, 6) is 0.00660. The number of nitrogens with zero attached hydrogens (tertiary/aromatic N) is 2. The van der Waals surface area contributed by atoms with Gasteiger partial charge in [-0.05, 0) is 22.3 Å². The van der Waals surface area contributed by atoms with Crippen molar-refractivity contribution in [3.63, 3.8) is 0 Å². The third-order valence-electron chi connectivity index (χ3n) is 5.19. The van der Waals surface area contributed by atoms with Gasteiger partial charge in [0, 0.05) is 24.2 Å². The molecule has 0 atom stereocenters. The Morgan fingerprint density at radius 2 is 1.76 bits per heavy atom. The van der Waals surface area contributed by atoms with E-state index in [1.807, 2.05) is 24.3 Å². The van der Waals surface area contributed by atoms with Crippen molar-refractivity contribution in [2.75, 3.05) is 6.61 Å². The summed E-state index contributed by atoms with van der Waals surface area (Å²) in [7, 11) is 0. The van der Waals surface area contributed by atoms with E-state index in [1.165, 1.54) is 21.7 Å². The lowest BCUT2D eigenvalue weighted by atomic mass is 9.98. The molecule has 5 rings (SSSR count). The van der Waals surface area contributed by atoms with Crippen LogP contribution in [0, 0.1) is 0 Å². The van der Waals surface area contributed by atoms with Gasteiger partial charge >= 0.3 is 6.09 Å². The lowest BCUT2D eigenvalue weighted by molar-refractivity contribution is 0.142. The van der Waals surface area contributed by atoms with E-state index in [0.29, 0.717) is 11.3 Å². The number of aromatic nitrogens is 3. The molecule has 144 valence electrons. The van der Waals surface area contributed by atoms with Gasteiger partial charge in [0.25, 0.3) is 5.56 Å². The molecule has 7 heteroatoms. The molecule has 0 bridgehead atoms. The molecular weight excluding hydrogens is 368 g/mol. The Bertz CT molecular complexity index is 1230. The highest BCUT2D eigenvalue weighted by Crippen LogP contribution is 2.44.